The maximum absolute atomic E-state index is 13.1. The van der Waals surface area contributed by atoms with E-state index >= 15 is 0 Å². The molecule has 0 aliphatic carbocycles. The molecule has 8 heteroatoms. The molecule has 0 unspecified atom stereocenters. The Bertz CT molecular complexity index is 915. The monoisotopic (exact) mass is 449 g/mol. The summed E-state index contributed by atoms with van der Waals surface area (Å²) in [5.41, 5.74) is 1.38. The summed E-state index contributed by atoms with van der Waals surface area (Å²) in [5, 5.41) is 0. The van der Waals surface area contributed by atoms with Crippen LogP contribution >= 0.6 is 0 Å². The van der Waals surface area contributed by atoms with Crippen LogP contribution in [0.25, 0.3) is 0 Å². The minimum atomic E-state index is -4.38. The van der Waals surface area contributed by atoms with Crippen LogP contribution in [0, 0.1) is 0 Å². The number of alkyl halides is 3. The van der Waals surface area contributed by atoms with Crippen molar-refractivity contribution in [3.05, 3.63) is 53.9 Å². The second kappa shape index (κ2) is 9.38. The zero-order valence-corrected chi connectivity index (χ0v) is 18.9. The third-order valence-corrected chi connectivity index (χ3v) is 5.48. The molecule has 1 amide bonds. The van der Waals surface area contributed by atoms with Crippen LogP contribution in [-0.2, 0) is 17.3 Å². The SMILES string of the molecule is CCc1ccncc1N(c1ccc(C(F)(F)F)cc1)C1CCN(C(=O)OC(C)(C)C)CC1. The van der Waals surface area contributed by atoms with E-state index in [0.717, 1.165) is 29.8 Å². The molecule has 32 heavy (non-hydrogen) atoms. The van der Waals surface area contributed by atoms with E-state index in [9.17, 15) is 18.0 Å². The number of carbonyl (C=O) groups is 1. The maximum Gasteiger partial charge on any atom is 0.416 e. The average Bonchev–Trinajstić information content (AvgIpc) is 2.73. The first-order valence-electron chi connectivity index (χ1n) is 10.9. The number of aromatic nitrogens is 1. The Balaban J connectivity index is 1.87. The van der Waals surface area contributed by atoms with Crippen LogP contribution in [0.4, 0.5) is 29.3 Å². The molecule has 3 rings (SSSR count). The fourth-order valence-corrected chi connectivity index (χ4v) is 3.92. The summed E-state index contributed by atoms with van der Waals surface area (Å²) in [6.45, 7) is 8.56. The second-order valence-electron chi connectivity index (χ2n) is 8.97. The highest BCUT2D eigenvalue weighted by molar-refractivity contribution is 5.69. The van der Waals surface area contributed by atoms with Crippen LogP contribution in [0.15, 0.2) is 42.7 Å². The topological polar surface area (TPSA) is 45.7 Å². The lowest BCUT2D eigenvalue weighted by atomic mass is 10.00. The van der Waals surface area contributed by atoms with Crippen molar-refractivity contribution in [1.29, 1.82) is 0 Å². The predicted octanol–water partition coefficient (Wildman–Crippen LogP) is 6.20. The molecule has 5 nitrogen and oxygen atoms in total. The lowest BCUT2D eigenvalue weighted by molar-refractivity contribution is -0.137. The molecule has 1 saturated heterocycles. The van der Waals surface area contributed by atoms with Crippen molar-refractivity contribution in [3.8, 4) is 0 Å². The van der Waals surface area contributed by atoms with Crippen LogP contribution in [-0.4, -0.2) is 40.7 Å². The summed E-state index contributed by atoms with van der Waals surface area (Å²) in [7, 11) is 0. The number of rotatable bonds is 4. The minimum absolute atomic E-state index is 0.0138. The Morgan fingerprint density at radius 2 is 1.75 bits per heavy atom. The molecule has 1 aromatic heterocycles. The van der Waals surface area contributed by atoms with E-state index < -0.39 is 17.3 Å². The van der Waals surface area contributed by atoms with Gasteiger partial charge in [0.2, 0.25) is 0 Å². The van der Waals surface area contributed by atoms with Gasteiger partial charge in [0.05, 0.1) is 17.4 Å². The number of benzene rings is 1. The highest BCUT2D eigenvalue weighted by Gasteiger charge is 2.33. The lowest BCUT2D eigenvalue weighted by Crippen LogP contribution is -2.47. The van der Waals surface area contributed by atoms with Crippen molar-refractivity contribution in [2.45, 2.75) is 64.8 Å². The first-order valence-corrected chi connectivity index (χ1v) is 10.9. The van der Waals surface area contributed by atoms with Crippen LogP contribution < -0.4 is 4.90 Å². The van der Waals surface area contributed by atoms with Crippen LogP contribution in [0.1, 0.15) is 51.7 Å². The van der Waals surface area contributed by atoms with Crippen LogP contribution in [0.2, 0.25) is 0 Å². The molecule has 0 spiro atoms. The van der Waals surface area contributed by atoms with Gasteiger partial charge in [-0.1, -0.05) is 6.92 Å². The fraction of sp³-hybridized carbons (Fsp3) is 0.500. The molecule has 0 saturated carbocycles. The molecule has 1 aromatic carbocycles. The van der Waals surface area contributed by atoms with E-state index in [1.165, 1.54) is 12.1 Å². The normalized spacial score (nSPS) is 15.5. The summed E-state index contributed by atoms with van der Waals surface area (Å²) >= 11 is 0. The summed E-state index contributed by atoms with van der Waals surface area (Å²) in [6.07, 6.45) is 0.857. The van der Waals surface area contributed by atoms with Gasteiger partial charge in [0, 0.05) is 31.0 Å². The van der Waals surface area contributed by atoms with E-state index in [1.807, 2.05) is 33.8 Å². The number of ether oxygens (including phenoxy) is 1. The van der Waals surface area contributed by atoms with Crippen molar-refractivity contribution in [1.82, 2.24) is 9.88 Å². The van der Waals surface area contributed by atoms with Gasteiger partial charge in [-0.2, -0.15) is 13.2 Å². The number of carbonyl (C=O) groups excluding carboxylic acids is 1. The Morgan fingerprint density at radius 3 is 2.28 bits per heavy atom. The van der Waals surface area contributed by atoms with Gasteiger partial charge in [-0.05, 0) is 75.9 Å². The summed E-state index contributed by atoms with van der Waals surface area (Å²) in [5.74, 6) is 0. The number of likely N-dealkylation sites (tertiary alicyclic amines) is 1. The highest BCUT2D eigenvalue weighted by atomic mass is 19.4. The van der Waals surface area contributed by atoms with E-state index in [-0.39, 0.29) is 12.1 Å². The quantitative estimate of drug-likeness (QED) is 0.558. The third-order valence-electron chi connectivity index (χ3n) is 5.48. The first kappa shape index (κ1) is 23.9. The molecule has 2 heterocycles. The number of pyridine rings is 1. The molecule has 0 bridgehead atoms. The molecule has 0 atom stereocenters. The smallest absolute Gasteiger partial charge is 0.416 e. The summed E-state index contributed by atoms with van der Waals surface area (Å²) in [4.78, 5) is 20.5. The predicted molar refractivity (Wildman–Crippen MR) is 118 cm³/mol. The number of aryl methyl sites for hydroxylation is 1. The van der Waals surface area contributed by atoms with Crippen molar-refractivity contribution >= 4 is 17.5 Å². The van der Waals surface area contributed by atoms with E-state index in [0.29, 0.717) is 31.6 Å². The third kappa shape index (κ3) is 5.72. The molecular formula is C24H30F3N3O2. The number of hydrogen-bond donors (Lipinski definition) is 0. The van der Waals surface area contributed by atoms with E-state index in [2.05, 4.69) is 9.88 Å². The highest BCUT2D eigenvalue weighted by Crippen LogP contribution is 2.36. The number of nitrogens with zero attached hydrogens (tertiary/aromatic N) is 3. The van der Waals surface area contributed by atoms with Gasteiger partial charge in [-0.3, -0.25) is 4.98 Å². The van der Waals surface area contributed by atoms with Crippen molar-refractivity contribution in [2.75, 3.05) is 18.0 Å². The minimum Gasteiger partial charge on any atom is -0.444 e. The number of anilines is 2. The molecular weight excluding hydrogens is 419 g/mol. The zero-order chi connectivity index (χ0) is 23.5. The Hall–Kier alpha value is -2.77. The molecule has 2 aromatic rings. The van der Waals surface area contributed by atoms with Crippen LogP contribution in [0.5, 0.6) is 0 Å². The Kier molecular flexibility index (Phi) is 7.00. The van der Waals surface area contributed by atoms with Crippen molar-refractivity contribution < 1.29 is 22.7 Å². The van der Waals surface area contributed by atoms with Gasteiger partial charge >= 0.3 is 12.3 Å². The van der Waals surface area contributed by atoms with Gasteiger partial charge in [0.1, 0.15) is 5.60 Å². The van der Waals surface area contributed by atoms with Gasteiger partial charge in [0.15, 0.2) is 0 Å². The summed E-state index contributed by atoms with van der Waals surface area (Å²) < 4.78 is 44.7. The van der Waals surface area contributed by atoms with E-state index in [1.54, 1.807) is 17.3 Å². The average molecular weight is 450 g/mol. The number of hydrogen-bond acceptors (Lipinski definition) is 4. The molecule has 1 aliphatic rings. The van der Waals surface area contributed by atoms with Gasteiger partial charge in [-0.15, -0.1) is 0 Å². The molecule has 0 radical (unpaired) electrons. The molecule has 1 aliphatic heterocycles. The van der Waals surface area contributed by atoms with Gasteiger partial charge < -0.3 is 14.5 Å². The Morgan fingerprint density at radius 1 is 1.12 bits per heavy atom. The summed E-state index contributed by atoms with van der Waals surface area (Å²) in [6, 6.07) is 7.19. The largest absolute Gasteiger partial charge is 0.444 e. The molecule has 1 fully saturated rings. The molecule has 174 valence electrons. The van der Waals surface area contributed by atoms with Crippen molar-refractivity contribution in [3.63, 3.8) is 0 Å². The zero-order valence-electron chi connectivity index (χ0n) is 18.9. The first-order chi connectivity index (χ1) is 15.0. The fourth-order valence-electron chi connectivity index (χ4n) is 3.92. The van der Waals surface area contributed by atoms with Gasteiger partial charge in [0.25, 0.3) is 0 Å². The Labute approximate surface area is 187 Å². The molecule has 0 N–H and O–H groups in total. The van der Waals surface area contributed by atoms with Gasteiger partial charge in [-0.25, -0.2) is 4.79 Å². The number of amides is 1. The van der Waals surface area contributed by atoms with Crippen molar-refractivity contribution in [2.24, 2.45) is 0 Å². The van der Waals surface area contributed by atoms with Crippen LogP contribution in [0.3, 0.4) is 0 Å². The van der Waals surface area contributed by atoms with E-state index in [4.69, 9.17) is 4.74 Å². The standard InChI is InChI=1S/C24H30F3N3O2/c1-5-17-10-13-28-16-21(17)30(19-8-6-18(7-9-19)24(25,26)27)20-11-14-29(15-12-20)22(31)32-23(2,3)4/h6-10,13,16,20H,5,11-12,14-15H2,1-4H3. The second-order valence-corrected chi connectivity index (χ2v) is 8.97. The lowest BCUT2D eigenvalue weighted by Gasteiger charge is -2.40. The number of piperidine rings is 1. The number of halogens is 3. The maximum atomic E-state index is 13.1.